The van der Waals surface area contributed by atoms with Crippen LogP contribution in [0.4, 0.5) is 0 Å². The van der Waals surface area contributed by atoms with E-state index < -0.39 is 5.97 Å². The molecular weight excluding hydrogens is 154 g/mol. The second-order valence-electron chi connectivity index (χ2n) is 1.54. The fraction of sp³-hybridized carbons (Fsp3) is 0.200. The van der Waals surface area contributed by atoms with E-state index in [1.54, 1.807) is 0 Å². The lowest BCUT2D eigenvalue weighted by atomic mass is 10.4. The van der Waals surface area contributed by atoms with Gasteiger partial charge in [0.25, 0.3) is 0 Å². The van der Waals surface area contributed by atoms with E-state index in [-0.39, 0.29) is 11.4 Å². The molecule has 0 bridgehead atoms. The molecule has 0 unspecified atom stereocenters. The fourth-order valence-corrected chi connectivity index (χ4v) is 1.14. The predicted molar refractivity (Wildman–Crippen MR) is 35.6 cm³/mol. The Bertz CT molecular complexity index is 245. The molecule has 10 heavy (non-hydrogen) atoms. The van der Waals surface area contributed by atoms with E-state index in [1.165, 1.54) is 12.5 Å². The monoisotopic (exact) mass is 159 g/mol. The SMILES string of the molecule is COc1nscc1C(=O)O. The molecular formula is C5H5NO3S. The Morgan fingerprint density at radius 2 is 2.60 bits per heavy atom. The Labute approximate surface area is 61.2 Å². The van der Waals surface area contributed by atoms with Gasteiger partial charge in [-0.25, -0.2) is 4.79 Å². The minimum Gasteiger partial charge on any atom is -0.480 e. The van der Waals surface area contributed by atoms with E-state index in [9.17, 15) is 4.79 Å². The molecule has 0 aliphatic heterocycles. The second-order valence-corrected chi connectivity index (χ2v) is 2.17. The van der Waals surface area contributed by atoms with Gasteiger partial charge >= 0.3 is 5.97 Å². The van der Waals surface area contributed by atoms with Crippen molar-refractivity contribution in [2.45, 2.75) is 0 Å². The molecule has 1 aromatic heterocycles. The average Bonchev–Trinajstić information content (AvgIpc) is 2.33. The first-order valence-corrected chi connectivity index (χ1v) is 3.31. The second kappa shape index (κ2) is 2.66. The Hall–Kier alpha value is -1.10. The molecule has 0 saturated heterocycles. The van der Waals surface area contributed by atoms with Crippen molar-refractivity contribution in [3.05, 3.63) is 10.9 Å². The van der Waals surface area contributed by atoms with Crippen molar-refractivity contribution in [2.75, 3.05) is 7.11 Å². The van der Waals surface area contributed by atoms with Crippen molar-refractivity contribution < 1.29 is 14.6 Å². The minimum atomic E-state index is -1.01. The molecule has 0 radical (unpaired) electrons. The lowest BCUT2D eigenvalue weighted by Crippen LogP contribution is -1.97. The molecule has 1 aromatic rings. The smallest absolute Gasteiger partial charge is 0.342 e. The highest BCUT2D eigenvalue weighted by Crippen LogP contribution is 2.17. The van der Waals surface area contributed by atoms with E-state index in [2.05, 4.69) is 9.11 Å². The summed E-state index contributed by atoms with van der Waals surface area (Å²) in [5, 5.41) is 9.90. The van der Waals surface area contributed by atoms with Crippen LogP contribution in [-0.4, -0.2) is 22.6 Å². The zero-order valence-electron chi connectivity index (χ0n) is 5.20. The van der Waals surface area contributed by atoms with Gasteiger partial charge < -0.3 is 9.84 Å². The molecule has 0 spiro atoms. The van der Waals surface area contributed by atoms with Gasteiger partial charge in [-0.2, -0.15) is 4.37 Å². The number of rotatable bonds is 2. The quantitative estimate of drug-likeness (QED) is 0.694. The molecule has 0 aliphatic carbocycles. The van der Waals surface area contributed by atoms with Gasteiger partial charge in [-0.05, 0) is 11.5 Å². The largest absolute Gasteiger partial charge is 0.480 e. The zero-order valence-corrected chi connectivity index (χ0v) is 6.01. The van der Waals surface area contributed by atoms with Crippen LogP contribution >= 0.6 is 11.5 Å². The summed E-state index contributed by atoms with van der Waals surface area (Å²) in [5.41, 5.74) is 0.118. The van der Waals surface area contributed by atoms with Crippen LogP contribution in [0.25, 0.3) is 0 Å². The predicted octanol–water partition coefficient (Wildman–Crippen LogP) is 0.850. The van der Waals surface area contributed by atoms with E-state index in [1.807, 2.05) is 0 Å². The number of carboxylic acids is 1. The van der Waals surface area contributed by atoms with Crippen LogP contribution in [-0.2, 0) is 0 Å². The number of carbonyl (C=O) groups is 1. The van der Waals surface area contributed by atoms with Gasteiger partial charge in [0, 0.05) is 5.38 Å². The highest BCUT2D eigenvalue weighted by Gasteiger charge is 2.12. The molecule has 54 valence electrons. The Morgan fingerprint density at radius 1 is 1.90 bits per heavy atom. The van der Waals surface area contributed by atoms with E-state index >= 15 is 0 Å². The molecule has 0 aromatic carbocycles. The molecule has 0 amide bonds. The molecule has 0 aliphatic rings. The number of aromatic carboxylic acids is 1. The number of hydrogen-bond acceptors (Lipinski definition) is 4. The van der Waals surface area contributed by atoms with Crippen LogP contribution in [0.15, 0.2) is 5.38 Å². The number of aromatic nitrogens is 1. The topological polar surface area (TPSA) is 59.4 Å². The van der Waals surface area contributed by atoms with Gasteiger partial charge in [-0.1, -0.05) is 0 Å². The van der Waals surface area contributed by atoms with Crippen molar-refractivity contribution in [1.82, 2.24) is 4.37 Å². The third kappa shape index (κ3) is 1.08. The summed E-state index contributed by atoms with van der Waals surface area (Å²) in [4.78, 5) is 10.3. The molecule has 0 saturated carbocycles. The van der Waals surface area contributed by atoms with Crippen LogP contribution in [0.5, 0.6) is 5.88 Å². The van der Waals surface area contributed by atoms with Crippen LogP contribution in [0.1, 0.15) is 10.4 Å². The molecule has 0 atom stereocenters. The van der Waals surface area contributed by atoms with Crippen molar-refractivity contribution in [3.8, 4) is 5.88 Å². The maximum absolute atomic E-state index is 10.3. The maximum atomic E-state index is 10.3. The van der Waals surface area contributed by atoms with Crippen molar-refractivity contribution in [2.24, 2.45) is 0 Å². The standard InChI is InChI=1S/C5H5NO3S/c1-9-4-3(5(7)8)2-10-6-4/h2H,1H3,(H,7,8). The van der Waals surface area contributed by atoms with Gasteiger partial charge in [-0.15, -0.1) is 0 Å². The lowest BCUT2D eigenvalue weighted by molar-refractivity contribution is 0.0693. The van der Waals surface area contributed by atoms with Crippen LogP contribution in [0.2, 0.25) is 0 Å². The Kier molecular flexibility index (Phi) is 1.86. The molecule has 5 heteroatoms. The first-order chi connectivity index (χ1) is 4.75. The third-order valence-corrected chi connectivity index (χ3v) is 1.57. The number of nitrogens with zero attached hydrogens (tertiary/aromatic N) is 1. The first kappa shape index (κ1) is 7.01. The van der Waals surface area contributed by atoms with Crippen molar-refractivity contribution >= 4 is 17.5 Å². The molecule has 1 heterocycles. The number of hydrogen-bond donors (Lipinski definition) is 1. The number of ether oxygens (including phenoxy) is 1. The van der Waals surface area contributed by atoms with E-state index in [0.717, 1.165) is 11.5 Å². The minimum absolute atomic E-state index is 0.118. The van der Waals surface area contributed by atoms with Gasteiger partial charge in [-0.3, -0.25) is 0 Å². The van der Waals surface area contributed by atoms with E-state index in [0.29, 0.717) is 0 Å². The maximum Gasteiger partial charge on any atom is 0.342 e. The molecule has 4 nitrogen and oxygen atoms in total. The molecule has 0 fully saturated rings. The summed E-state index contributed by atoms with van der Waals surface area (Å²) in [5.74, 6) is -0.830. The summed E-state index contributed by atoms with van der Waals surface area (Å²) in [6.07, 6.45) is 0. The van der Waals surface area contributed by atoms with Gasteiger partial charge in [0.2, 0.25) is 5.88 Å². The van der Waals surface area contributed by atoms with Crippen LogP contribution in [0.3, 0.4) is 0 Å². The lowest BCUT2D eigenvalue weighted by Gasteiger charge is -1.92. The summed E-state index contributed by atoms with van der Waals surface area (Å²) >= 11 is 1.06. The summed E-state index contributed by atoms with van der Waals surface area (Å²) in [6.45, 7) is 0. The number of methoxy groups -OCH3 is 1. The van der Waals surface area contributed by atoms with Crippen LogP contribution < -0.4 is 4.74 Å². The van der Waals surface area contributed by atoms with Gasteiger partial charge in [0.05, 0.1) is 7.11 Å². The van der Waals surface area contributed by atoms with Gasteiger partial charge in [0.1, 0.15) is 5.56 Å². The van der Waals surface area contributed by atoms with Gasteiger partial charge in [0.15, 0.2) is 0 Å². The highest BCUT2D eigenvalue weighted by molar-refractivity contribution is 7.04. The summed E-state index contributed by atoms with van der Waals surface area (Å²) < 4.78 is 8.36. The summed E-state index contributed by atoms with van der Waals surface area (Å²) in [7, 11) is 1.39. The normalized spacial score (nSPS) is 9.30. The highest BCUT2D eigenvalue weighted by atomic mass is 32.1. The fourth-order valence-electron chi connectivity index (χ4n) is 0.516. The van der Waals surface area contributed by atoms with E-state index in [4.69, 9.17) is 5.11 Å². The summed E-state index contributed by atoms with van der Waals surface area (Å²) in [6, 6.07) is 0. The first-order valence-electron chi connectivity index (χ1n) is 2.47. The third-order valence-electron chi connectivity index (χ3n) is 0.960. The molecule has 1 rings (SSSR count). The van der Waals surface area contributed by atoms with Crippen LogP contribution in [0, 0.1) is 0 Å². The molecule has 1 N–H and O–H groups in total. The zero-order chi connectivity index (χ0) is 7.56. The average molecular weight is 159 g/mol. The van der Waals surface area contributed by atoms with Crippen molar-refractivity contribution in [1.29, 1.82) is 0 Å². The Balaban J connectivity index is 3.01. The Morgan fingerprint density at radius 3 is 3.00 bits per heavy atom. The number of carboxylic acid groups (broad SMARTS) is 1. The van der Waals surface area contributed by atoms with Crippen molar-refractivity contribution in [3.63, 3.8) is 0 Å².